The van der Waals surface area contributed by atoms with Gasteiger partial charge in [0.25, 0.3) is 0 Å². The maximum absolute atomic E-state index is 12.0. The van der Waals surface area contributed by atoms with Crippen molar-refractivity contribution >= 4 is 0 Å². The number of aliphatic hydroxyl groups excluding tert-OH is 11. The fourth-order valence-electron chi connectivity index (χ4n) is 13.4. The smallest absolute Gasteiger partial charge is 0.187 e. The molecule has 4 heterocycles. The van der Waals surface area contributed by atoms with Gasteiger partial charge in [0.2, 0.25) is 0 Å². The van der Waals surface area contributed by atoms with Gasteiger partial charge in [0.05, 0.1) is 44.2 Å². The lowest BCUT2D eigenvalue weighted by Gasteiger charge is -2.60. The first-order valence-electron chi connectivity index (χ1n) is 23.2. The van der Waals surface area contributed by atoms with Crippen LogP contribution in [0.1, 0.15) is 79.1 Å². The summed E-state index contributed by atoms with van der Waals surface area (Å²) in [5, 5.41) is 127. The Morgan fingerprint density at radius 2 is 1.41 bits per heavy atom. The lowest BCUT2D eigenvalue weighted by atomic mass is 9.46. The zero-order valence-electron chi connectivity index (χ0n) is 37.1. The third-order valence-corrected chi connectivity index (χ3v) is 17.2. The fraction of sp³-hybridized carbons (Fsp3) is 0.911. The third kappa shape index (κ3) is 8.28. The van der Waals surface area contributed by atoms with Gasteiger partial charge in [0.15, 0.2) is 24.7 Å². The van der Waals surface area contributed by atoms with Crippen LogP contribution in [0.4, 0.5) is 0 Å². The zero-order valence-corrected chi connectivity index (χ0v) is 37.1. The lowest BCUT2D eigenvalue weighted by molar-refractivity contribution is -0.361. The van der Waals surface area contributed by atoms with Crippen LogP contribution in [0.15, 0.2) is 23.8 Å². The van der Waals surface area contributed by atoms with Crippen LogP contribution >= 0.6 is 0 Å². The Bertz CT molecular complexity index is 1680. The molecule has 4 aliphatic carbocycles. The van der Waals surface area contributed by atoms with E-state index in [0.717, 1.165) is 31.3 Å². The molecule has 12 N–H and O–H groups in total. The Kier molecular flexibility index (Phi) is 14.3. The SMILES string of the molecule is C=C(CC[C@@]1(O)O[C@H]2C[C@H]3[C@@H]4CC=C5C[C@@H](O[C@@H]6O[C@H](CO)[C@@H](O[C@@H]7O[C@@H](C)[C@H](O)[C@@H](O)[C@H]7O)[C@H](O)[C@H]6O)C[C@@H](O)[C@]5(C)[C@H]4CC[C@]3(C)[C@H]2[C@@H]1C)CO[C@@H]1O[C@H](CO)[C@@H](O)[C@H](O)[C@H]1O. The summed E-state index contributed by atoms with van der Waals surface area (Å²) >= 11 is 0. The second-order valence-corrected chi connectivity index (χ2v) is 20.7. The molecule has 3 saturated carbocycles. The number of allylic oxidation sites excluding steroid dienone is 1. The molecule has 19 nitrogen and oxygen atoms in total. The van der Waals surface area contributed by atoms with E-state index in [0.29, 0.717) is 24.3 Å². The largest absolute Gasteiger partial charge is 0.394 e. The number of ether oxygens (including phenoxy) is 7. The molecule has 8 aliphatic rings. The van der Waals surface area contributed by atoms with Crippen LogP contribution in [0, 0.1) is 40.4 Å². The molecule has 0 aromatic heterocycles. The Balaban J connectivity index is 0.869. The van der Waals surface area contributed by atoms with E-state index in [1.165, 1.54) is 6.92 Å². The van der Waals surface area contributed by atoms with E-state index in [2.05, 4.69) is 33.4 Å². The van der Waals surface area contributed by atoms with Crippen LogP contribution in [0.2, 0.25) is 0 Å². The monoisotopic (exact) mass is 916 g/mol. The minimum atomic E-state index is -1.68. The second-order valence-electron chi connectivity index (χ2n) is 20.7. The maximum Gasteiger partial charge on any atom is 0.187 e. The van der Waals surface area contributed by atoms with Gasteiger partial charge in [0.1, 0.15) is 67.1 Å². The number of aliphatic hydroxyl groups is 12. The van der Waals surface area contributed by atoms with Gasteiger partial charge in [-0.25, -0.2) is 0 Å². The zero-order chi connectivity index (χ0) is 46.4. The van der Waals surface area contributed by atoms with Gasteiger partial charge < -0.3 is 94.4 Å². The molecule has 64 heavy (non-hydrogen) atoms. The normalized spacial score (nSPS) is 54.9. The molecule has 0 bridgehead atoms. The summed E-state index contributed by atoms with van der Waals surface area (Å²) in [6, 6.07) is 0. The predicted octanol–water partition coefficient (Wildman–Crippen LogP) is -1.94. The molecule has 0 radical (unpaired) electrons. The molecule has 19 heteroatoms. The lowest BCUT2D eigenvalue weighted by Crippen LogP contribution is -2.64. The average Bonchev–Trinajstić information content (AvgIpc) is 3.70. The Morgan fingerprint density at radius 1 is 0.766 bits per heavy atom. The van der Waals surface area contributed by atoms with Crippen molar-refractivity contribution in [2.45, 2.75) is 195 Å². The molecular formula is C45H72O19. The van der Waals surface area contributed by atoms with E-state index in [1.807, 2.05) is 0 Å². The summed E-state index contributed by atoms with van der Waals surface area (Å²) < 4.78 is 41.2. The highest BCUT2D eigenvalue weighted by Crippen LogP contribution is 2.70. The maximum atomic E-state index is 12.0. The minimum absolute atomic E-state index is 0.0433. The Hall–Kier alpha value is -1.28. The number of rotatable bonds is 12. The highest BCUT2D eigenvalue weighted by molar-refractivity contribution is 5.28. The average molecular weight is 917 g/mol. The Morgan fingerprint density at radius 3 is 2.11 bits per heavy atom. The van der Waals surface area contributed by atoms with Crippen LogP contribution in [0.5, 0.6) is 0 Å². The fourth-order valence-corrected chi connectivity index (χ4v) is 13.4. The van der Waals surface area contributed by atoms with E-state index in [1.54, 1.807) is 0 Å². The molecule has 0 aromatic rings. The van der Waals surface area contributed by atoms with Crippen LogP contribution in [0.25, 0.3) is 0 Å². The third-order valence-electron chi connectivity index (χ3n) is 17.2. The number of hydrogen-bond donors (Lipinski definition) is 12. The van der Waals surface area contributed by atoms with Crippen LogP contribution < -0.4 is 0 Å². The first-order chi connectivity index (χ1) is 30.2. The Labute approximate surface area is 373 Å². The summed E-state index contributed by atoms with van der Waals surface area (Å²) in [6.45, 7) is 10.8. The molecule has 7 fully saturated rings. The molecule has 26 atom stereocenters. The molecule has 4 aliphatic heterocycles. The first kappa shape index (κ1) is 49.2. The van der Waals surface area contributed by atoms with E-state index < -0.39 is 129 Å². The van der Waals surface area contributed by atoms with Crippen LogP contribution in [0.3, 0.4) is 0 Å². The molecule has 0 amide bonds. The van der Waals surface area contributed by atoms with Gasteiger partial charge in [0, 0.05) is 24.2 Å². The van der Waals surface area contributed by atoms with Crippen molar-refractivity contribution < 1.29 is 94.4 Å². The molecule has 0 unspecified atom stereocenters. The van der Waals surface area contributed by atoms with Gasteiger partial charge in [-0.2, -0.15) is 0 Å². The number of hydrogen-bond acceptors (Lipinski definition) is 19. The molecular weight excluding hydrogens is 844 g/mol. The van der Waals surface area contributed by atoms with Gasteiger partial charge in [-0.3, -0.25) is 0 Å². The van der Waals surface area contributed by atoms with Gasteiger partial charge in [-0.15, -0.1) is 0 Å². The minimum Gasteiger partial charge on any atom is -0.394 e. The highest BCUT2D eigenvalue weighted by atomic mass is 16.7. The van der Waals surface area contributed by atoms with Crippen molar-refractivity contribution in [2.75, 3.05) is 19.8 Å². The van der Waals surface area contributed by atoms with Gasteiger partial charge in [-0.1, -0.05) is 44.6 Å². The summed E-state index contributed by atoms with van der Waals surface area (Å²) in [6.07, 6.45) is -15.9. The molecule has 0 spiro atoms. The molecule has 8 rings (SSSR count). The van der Waals surface area contributed by atoms with E-state index in [9.17, 15) is 61.3 Å². The predicted molar refractivity (Wildman–Crippen MR) is 219 cm³/mol. The summed E-state index contributed by atoms with van der Waals surface area (Å²) in [5.74, 6) is -0.747. The van der Waals surface area contributed by atoms with E-state index >= 15 is 0 Å². The van der Waals surface area contributed by atoms with Crippen LogP contribution in [-0.2, 0) is 33.2 Å². The van der Waals surface area contributed by atoms with Gasteiger partial charge >= 0.3 is 0 Å². The quantitative estimate of drug-likeness (QED) is 0.0948. The van der Waals surface area contributed by atoms with E-state index in [-0.39, 0.29) is 54.6 Å². The number of fused-ring (bicyclic) bond motifs is 7. The molecule has 4 saturated heterocycles. The summed E-state index contributed by atoms with van der Waals surface area (Å²) in [5.41, 5.74) is 1.02. The van der Waals surface area contributed by atoms with Crippen LogP contribution in [-0.4, -0.2) is 197 Å². The van der Waals surface area contributed by atoms with Crippen molar-refractivity contribution in [3.63, 3.8) is 0 Å². The van der Waals surface area contributed by atoms with Crippen molar-refractivity contribution in [1.82, 2.24) is 0 Å². The molecule has 0 aromatic carbocycles. The first-order valence-corrected chi connectivity index (χ1v) is 23.2. The summed E-state index contributed by atoms with van der Waals surface area (Å²) in [4.78, 5) is 0. The van der Waals surface area contributed by atoms with E-state index in [4.69, 9.17) is 33.2 Å². The highest BCUT2D eigenvalue weighted by Gasteiger charge is 2.68. The van der Waals surface area contributed by atoms with Crippen molar-refractivity contribution in [1.29, 1.82) is 0 Å². The van der Waals surface area contributed by atoms with Gasteiger partial charge in [-0.05, 0) is 74.5 Å². The second kappa shape index (κ2) is 18.6. The van der Waals surface area contributed by atoms with Crippen molar-refractivity contribution in [3.8, 4) is 0 Å². The molecule has 366 valence electrons. The topological polar surface area (TPSA) is 307 Å². The van der Waals surface area contributed by atoms with Crippen molar-refractivity contribution in [2.24, 2.45) is 40.4 Å². The summed E-state index contributed by atoms with van der Waals surface area (Å²) in [7, 11) is 0. The van der Waals surface area contributed by atoms with Crippen molar-refractivity contribution in [3.05, 3.63) is 23.8 Å². The standard InChI is InChI=1S/C45H72O19/c1-18(17-58-40-36(54)34(52)32(50)27(15-46)61-40)8-11-45(57)19(2)30-26(64-45)14-25-23-7-6-21-12-22(13-29(48)44(21,5)24(23)9-10-43(25,30)4)60-42-38(56)35(53)39(28(16-47)62-42)63-41-37(55)33(51)31(49)20(3)59-41/h6,19-20,22-42,46-57H,1,7-17H2,2-5H3/t19-,20-,22+,23+,24-,25-,26-,27+,28+,29+,30-,31-,32+,33+,34-,35+,36+,37+,38+,39+,40+,41-,42+,43-,44-,45+/m0/s1.